The van der Waals surface area contributed by atoms with Crippen molar-refractivity contribution in [3.8, 4) is 5.75 Å². The van der Waals surface area contributed by atoms with Crippen LogP contribution in [0, 0.1) is 17.5 Å². The molecule has 5 rings (SSSR count). The highest BCUT2D eigenvalue weighted by molar-refractivity contribution is 6.00. The fourth-order valence-electron chi connectivity index (χ4n) is 5.56. The van der Waals surface area contributed by atoms with E-state index in [-0.39, 0.29) is 11.4 Å². The second kappa shape index (κ2) is 7.86. The molecule has 0 radical (unpaired) electrons. The lowest BCUT2D eigenvalue weighted by Gasteiger charge is -2.41. The summed E-state index contributed by atoms with van der Waals surface area (Å²) in [6.07, 6.45) is 1.91. The van der Waals surface area contributed by atoms with Crippen LogP contribution in [-0.4, -0.2) is 46.6 Å². The molecular formula is C23H22F3N3O5. The number of rotatable bonds is 4. The van der Waals surface area contributed by atoms with E-state index >= 15 is 0 Å². The number of hydrogen-bond donors (Lipinski definition) is 2. The third-order valence-electron chi connectivity index (χ3n) is 7.07. The molecule has 1 aromatic heterocycles. The Morgan fingerprint density at radius 3 is 2.62 bits per heavy atom. The number of amides is 2. The van der Waals surface area contributed by atoms with Crippen molar-refractivity contribution in [3.05, 3.63) is 62.3 Å². The number of fused-ring (bicyclic) bond motifs is 1. The maximum atomic E-state index is 14.0. The van der Waals surface area contributed by atoms with E-state index in [2.05, 4.69) is 5.32 Å². The first-order valence-corrected chi connectivity index (χ1v) is 10.9. The van der Waals surface area contributed by atoms with Crippen LogP contribution in [0.25, 0.3) is 0 Å². The number of ether oxygens (including phenoxy) is 1. The second-order valence-corrected chi connectivity index (χ2v) is 8.99. The van der Waals surface area contributed by atoms with Gasteiger partial charge in [-0.25, -0.2) is 13.2 Å². The van der Waals surface area contributed by atoms with Crippen LogP contribution in [0.5, 0.6) is 5.75 Å². The van der Waals surface area contributed by atoms with Gasteiger partial charge < -0.3 is 24.6 Å². The van der Waals surface area contributed by atoms with Gasteiger partial charge in [0.2, 0.25) is 5.43 Å². The molecule has 3 aliphatic heterocycles. The smallest absolute Gasteiger partial charge is 0.274 e. The molecule has 2 aromatic rings. The summed E-state index contributed by atoms with van der Waals surface area (Å²) in [6, 6.07) is 0.968. The molecule has 0 saturated carbocycles. The Labute approximate surface area is 191 Å². The Morgan fingerprint density at radius 2 is 1.94 bits per heavy atom. The molecule has 1 fully saturated rings. The summed E-state index contributed by atoms with van der Waals surface area (Å²) >= 11 is 0. The molecule has 2 amide bonds. The zero-order valence-electron chi connectivity index (χ0n) is 18.3. The van der Waals surface area contributed by atoms with E-state index in [1.54, 1.807) is 9.47 Å². The lowest BCUT2D eigenvalue weighted by molar-refractivity contribution is 0.0497. The number of nitrogens with zero attached hydrogens (tertiary/aromatic N) is 2. The van der Waals surface area contributed by atoms with Gasteiger partial charge in [0.25, 0.3) is 11.8 Å². The van der Waals surface area contributed by atoms with Crippen molar-refractivity contribution in [2.24, 2.45) is 0 Å². The van der Waals surface area contributed by atoms with E-state index in [0.717, 1.165) is 12.8 Å². The van der Waals surface area contributed by atoms with E-state index in [0.29, 0.717) is 38.1 Å². The molecule has 0 aliphatic carbocycles. The number of aromatic nitrogens is 1. The average molecular weight is 477 g/mol. The summed E-state index contributed by atoms with van der Waals surface area (Å²) in [5, 5.41) is 13.0. The maximum Gasteiger partial charge on any atom is 0.274 e. The van der Waals surface area contributed by atoms with Crippen molar-refractivity contribution >= 4 is 11.8 Å². The first-order chi connectivity index (χ1) is 16.2. The summed E-state index contributed by atoms with van der Waals surface area (Å²) in [5.41, 5.74) is -2.74. The zero-order valence-corrected chi connectivity index (χ0v) is 18.3. The number of nitrogens with one attached hydrogen (secondary N) is 1. The van der Waals surface area contributed by atoms with E-state index in [9.17, 15) is 32.7 Å². The monoisotopic (exact) mass is 477 g/mol. The lowest BCUT2D eigenvalue weighted by atomic mass is 9.88. The number of hydrogen-bond acceptors (Lipinski definition) is 5. The third-order valence-corrected chi connectivity index (χ3v) is 7.07. The molecule has 4 heterocycles. The Morgan fingerprint density at radius 1 is 1.24 bits per heavy atom. The molecule has 8 nitrogen and oxygen atoms in total. The Kier molecular flexibility index (Phi) is 5.19. The lowest BCUT2D eigenvalue weighted by Crippen LogP contribution is -2.52. The first-order valence-electron chi connectivity index (χ1n) is 10.9. The molecule has 1 spiro atoms. The summed E-state index contributed by atoms with van der Waals surface area (Å²) in [5.74, 6) is -5.81. The predicted octanol–water partition coefficient (Wildman–Crippen LogP) is 2.33. The van der Waals surface area contributed by atoms with Crippen LogP contribution in [0.2, 0.25) is 0 Å². The molecule has 2 atom stereocenters. The number of methoxy groups -OCH3 is 1. The third kappa shape index (κ3) is 3.13. The van der Waals surface area contributed by atoms with Crippen LogP contribution in [0.4, 0.5) is 13.2 Å². The van der Waals surface area contributed by atoms with Crippen LogP contribution >= 0.6 is 0 Å². The average Bonchev–Trinajstić information content (AvgIpc) is 2.96. The standard InChI is InChI=1S/C23H22F3N3O5/c1-34-15-8-23-4-2-3-5-28(10-23)22(33)18-20(31)19(30)16(17(15)29(18)23)21(32)27-9-12-13(25)6-11(24)7-14(12)26/h6-7,15,31H,2-5,8-10H2,1H3,(H,27,32)/t15-,23+/m1/s1. The van der Waals surface area contributed by atoms with Gasteiger partial charge in [-0.2, -0.15) is 0 Å². The minimum atomic E-state index is -1.19. The van der Waals surface area contributed by atoms with Crippen LogP contribution < -0.4 is 10.7 Å². The number of halogens is 3. The van der Waals surface area contributed by atoms with Crippen molar-refractivity contribution in [3.63, 3.8) is 0 Å². The highest BCUT2D eigenvalue weighted by atomic mass is 19.1. The van der Waals surface area contributed by atoms with E-state index in [1.807, 2.05) is 0 Å². The normalized spacial score (nSPS) is 23.0. The maximum absolute atomic E-state index is 14.0. The minimum Gasteiger partial charge on any atom is -0.503 e. The number of pyridine rings is 1. The van der Waals surface area contributed by atoms with Gasteiger partial charge in [0.1, 0.15) is 29.1 Å². The number of carbonyl (C=O) groups is 2. The second-order valence-electron chi connectivity index (χ2n) is 8.99. The Hall–Kier alpha value is -3.34. The molecule has 2 bridgehead atoms. The van der Waals surface area contributed by atoms with Gasteiger partial charge in [-0.15, -0.1) is 0 Å². The largest absolute Gasteiger partial charge is 0.503 e. The van der Waals surface area contributed by atoms with Crippen LogP contribution in [0.1, 0.15) is 63.9 Å². The zero-order chi connectivity index (χ0) is 24.4. The molecular weight excluding hydrogens is 455 g/mol. The van der Waals surface area contributed by atoms with Gasteiger partial charge in [-0.3, -0.25) is 14.4 Å². The summed E-state index contributed by atoms with van der Waals surface area (Å²) in [4.78, 5) is 41.0. The van der Waals surface area contributed by atoms with Crippen molar-refractivity contribution in [1.82, 2.24) is 14.8 Å². The van der Waals surface area contributed by atoms with E-state index < -0.39 is 69.8 Å². The van der Waals surface area contributed by atoms with Gasteiger partial charge in [0.05, 0.1) is 11.2 Å². The van der Waals surface area contributed by atoms with Crippen LogP contribution in [0.3, 0.4) is 0 Å². The van der Waals surface area contributed by atoms with E-state index in [1.165, 1.54) is 7.11 Å². The molecule has 11 heteroatoms. The topological polar surface area (TPSA) is 101 Å². The fourth-order valence-corrected chi connectivity index (χ4v) is 5.56. The summed E-state index contributed by atoms with van der Waals surface area (Å²) in [7, 11) is 1.42. The van der Waals surface area contributed by atoms with Gasteiger partial charge in [-0.1, -0.05) is 0 Å². The molecule has 3 aliphatic rings. The van der Waals surface area contributed by atoms with Crippen molar-refractivity contribution in [1.29, 1.82) is 0 Å². The van der Waals surface area contributed by atoms with Crippen molar-refractivity contribution in [2.75, 3.05) is 20.2 Å². The molecule has 1 saturated heterocycles. The van der Waals surface area contributed by atoms with Crippen molar-refractivity contribution < 1.29 is 32.6 Å². The van der Waals surface area contributed by atoms with Crippen LogP contribution in [0.15, 0.2) is 16.9 Å². The number of carbonyl (C=O) groups excluding carboxylic acids is 2. The van der Waals surface area contributed by atoms with Crippen LogP contribution in [-0.2, 0) is 16.8 Å². The predicted molar refractivity (Wildman–Crippen MR) is 112 cm³/mol. The van der Waals surface area contributed by atoms with Gasteiger partial charge in [-0.05, 0) is 19.3 Å². The van der Waals surface area contributed by atoms with E-state index in [4.69, 9.17) is 4.74 Å². The molecule has 34 heavy (non-hydrogen) atoms. The minimum absolute atomic E-state index is 0.160. The van der Waals surface area contributed by atoms with Gasteiger partial charge in [0.15, 0.2) is 11.4 Å². The SMILES string of the molecule is CO[C@@H]1C[C@@]23CCCCN(C2)C(=O)c2c(O)c(=O)c(C(=O)NCc4c(F)cc(F)cc4F)c1n23. The first kappa shape index (κ1) is 22.5. The summed E-state index contributed by atoms with van der Waals surface area (Å²) in [6.45, 7) is 0.201. The molecule has 180 valence electrons. The van der Waals surface area contributed by atoms with Gasteiger partial charge >= 0.3 is 0 Å². The molecule has 2 N–H and O–H groups in total. The van der Waals surface area contributed by atoms with Crippen molar-refractivity contribution in [2.45, 2.75) is 43.9 Å². The number of benzene rings is 1. The highest BCUT2D eigenvalue weighted by Crippen LogP contribution is 2.50. The highest BCUT2D eigenvalue weighted by Gasteiger charge is 2.54. The fraction of sp³-hybridized carbons (Fsp3) is 0.435. The number of aromatic hydroxyl groups is 1. The quantitative estimate of drug-likeness (QED) is 0.704. The Bertz CT molecular complexity index is 1270. The Balaban J connectivity index is 1.63. The molecule has 0 unspecified atom stereocenters. The summed E-state index contributed by atoms with van der Waals surface area (Å²) < 4.78 is 48.4. The van der Waals surface area contributed by atoms with Gasteiger partial charge in [0, 0.05) is 50.9 Å². The molecule has 1 aromatic carbocycles.